The number of nitrogens with zero attached hydrogens (tertiary/aromatic N) is 2. The van der Waals surface area contributed by atoms with Crippen LogP contribution in [0.5, 0.6) is 0 Å². The van der Waals surface area contributed by atoms with Gasteiger partial charge in [0.15, 0.2) is 0 Å². The average molecular weight is 293 g/mol. The molecule has 3 rings (SSSR count). The van der Waals surface area contributed by atoms with Crippen LogP contribution < -0.4 is 5.32 Å². The molecule has 1 N–H and O–H groups in total. The van der Waals surface area contributed by atoms with Crippen molar-refractivity contribution in [2.75, 3.05) is 19.3 Å². The Morgan fingerprint density at radius 2 is 1.95 bits per heavy atom. The summed E-state index contributed by atoms with van der Waals surface area (Å²) in [5.41, 5.74) is 1.80. The Hall–Kier alpha value is -0.480. The van der Waals surface area contributed by atoms with Crippen LogP contribution in [0.1, 0.15) is 57.2 Å². The predicted octanol–water partition coefficient (Wildman–Crippen LogP) is 3.37. The molecule has 2 aliphatic rings. The normalized spacial score (nSPS) is 30.3. The maximum atomic E-state index is 4.49. The molecule has 20 heavy (non-hydrogen) atoms. The molecule has 112 valence electrons. The molecule has 1 saturated heterocycles. The first kappa shape index (κ1) is 14.5. The fourth-order valence-corrected chi connectivity index (χ4v) is 4.60. The van der Waals surface area contributed by atoms with Crippen LogP contribution in [0.25, 0.3) is 0 Å². The van der Waals surface area contributed by atoms with Crippen molar-refractivity contribution in [2.24, 2.45) is 0 Å². The monoisotopic (exact) mass is 293 g/mol. The van der Waals surface area contributed by atoms with Gasteiger partial charge in [0.1, 0.15) is 0 Å². The van der Waals surface area contributed by atoms with Crippen LogP contribution in [0.3, 0.4) is 0 Å². The summed E-state index contributed by atoms with van der Waals surface area (Å²) in [5.74, 6) is 0. The second-order valence-corrected chi connectivity index (χ2v) is 7.80. The van der Waals surface area contributed by atoms with E-state index in [-0.39, 0.29) is 0 Å². The molecule has 0 atom stereocenters. The van der Waals surface area contributed by atoms with Crippen molar-refractivity contribution in [2.45, 2.75) is 62.2 Å². The molecule has 1 aromatic rings. The molecule has 1 saturated carbocycles. The summed E-state index contributed by atoms with van der Waals surface area (Å²) in [7, 11) is 0. The third kappa shape index (κ3) is 2.77. The van der Waals surface area contributed by atoms with Crippen molar-refractivity contribution >= 4 is 11.8 Å². The summed E-state index contributed by atoms with van der Waals surface area (Å²) in [6.07, 6.45) is 14.3. The fraction of sp³-hybridized carbons (Fsp3) is 0.812. The number of imidazole rings is 1. The summed E-state index contributed by atoms with van der Waals surface area (Å²) in [5, 5.41) is 4.36. The highest BCUT2D eigenvalue weighted by atomic mass is 32.2. The van der Waals surface area contributed by atoms with E-state index in [9.17, 15) is 0 Å². The van der Waals surface area contributed by atoms with E-state index in [1.807, 2.05) is 11.8 Å². The average Bonchev–Trinajstić information content (AvgIpc) is 2.98. The van der Waals surface area contributed by atoms with E-state index in [1.54, 1.807) is 0 Å². The van der Waals surface area contributed by atoms with E-state index in [2.05, 4.69) is 40.6 Å². The van der Waals surface area contributed by atoms with Crippen LogP contribution in [-0.4, -0.2) is 34.1 Å². The third-order valence-electron chi connectivity index (χ3n) is 5.36. The van der Waals surface area contributed by atoms with Gasteiger partial charge >= 0.3 is 0 Å². The quantitative estimate of drug-likeness (QED) is 0.926. The van der Waals surface area contributed by atoms with Gasteiger partial charge in [-0.05, 0) is 57.9 Å². The number of thioether (sulfide) groups is 1. The minimum Gasteiger partial charge on any atom is -0.331 e. The smallest absolute Gasteiger partial charge is 0.0950 e. The van der Waals surface area contributed by atoms with Crippen molar-refractivity contribution in [3.8, 4) is 0 Å². The zero-order valence-corrected chi connectivity index (χ0v) is 13.6. The van der Waals surface area contributed by atoms with Gasteiger partial charge in [0.2, 0.25) is 0 Å². The van der Waals surface area contributed by atoms with Gasteiger partial charge in [-0.25, -0.2) is 4.98 Å². The second-order valence-electron chi connectivity index (χ2n) is 6.66. The van der Waals surface area contributed by atoms with Crippen LogP contribution in [0, 0.1) is 0 Å². The van der Waals surface area contributed by atoms with Crippen LogP contribution >= 0.6 is 11.8 Å². The summed E-state index contributed by atoms with van der Waals surface area (Å²) >= 11 is 2.04. The van der Waals surface area contributed by atoms with Gasteiger partial charge in [-0.15, -0.1) is 0 Å². The Labute approximate surface area is 126 Å². The molecular formula is C16H27N3S. The topological polar surface area (TPSA) is 29.9 Å². The largest absolute Gasteiger partial charge is 0.331 e. The van der Waals surface area contributed by atoms with Crippen molar-refractivity contribution < 1.29 is 0 Å². The lowest BCUT2D eigenvalue weighted by Gasteiger charge is -2.37. The molecule has 0 bridgehead atoms. The van der Waals surface area contributed by atoms with Gasteiger partial charge in [0, 0.05) is 28.6 Å². The summed E-state index contributed by atoms with van der Waals surface area (Å²) in [6, 6.07) is 0.683. The van der Waals surface area contributed by atoms with Gasteiger partial charge in [-0.2, -0.15) is 11.8 Å². The molecular weight excluding hydrogens is 266 g/mol. The minimum absolute atomic E-state index is 0.318. The van der Waals surface area contributed by atoms with Crippen molar-refractivity contribution in [1.82, 2.24) is 14.9 Å². The number of aromatic nitrogens is 2. The Morgan fingerprint density at radius 1 is 1.25 bits per heavy atom. The Morgan fingerprint density at radius 3 is 2.60 bits per heavy atom. The van der Waals surface area contributed by atoms with E-state index >= 15 is 0 Å². The van der Waals surface area contributed by atoms with Crippen molar-refractivity contribution in [3.63, 3.8) is 0 Å². The number of rotatable bonds is 3. The molecule has 0 aromatic carbocycles. The molecule has 0 spiro atoms. The molecule has 2 fully saturated rings. The van der Waals surface area contributed by atoms with Gasteiger partial charge in [-0.1, -0.05) is 6.92 Å². The van der Waals surface area contributed by atoms with Crippen LogP contribution in [0.2, 0.25) is 0 Å². The van der Waals surface area contributed by atoms with Gasteiger partial charge in [0.05, 0.1) is 6.33 Å². The predicted molar refractivity (Wildman–Crippen MR) is 86.5 cm³/mol. The molecule has 0 radical (unpaired) electrons. The first-order valence-corrected chi connectivity index (χ1v) is 9.27. The second kappa shape index (κ2) is 6.10. The van der Waals surface area contributed by atoms with Gasteiger partial charge < -0.3 is 9.88 Å². The molecule has 1 aliphatic carbocycles. The zero-order chi connectivity index (χ0) is 14.0. The maximum absolute atomic E-state index is 4.49. The molecule has 0 unspecified atom stereocenters. The Bertz CT molecular complexity index is 429. The Kier molecular flexibility index (Phi) is 4.41. The fourth-order valence-electron chi connectivity index (χ4n) is 3.86. The highest BCUT2D eigenvalue weighted by Gasteiger charge is 2.33. The summed E-state index contributed by atoms with van der Waals surface area (Å²) in [6.45, 7) is 4.71. The van der Waals surface area contributed by atoms with E-state index in [0.29, 0.717) is 11.5 Å². The lowest BCUT2D eigenvalue weighted by Crippen LogP contribution is -2.39. The van der Waals surface area contributed by atoms with Crippen molar-refractivity contribution in [3.05, 3.63) is 18.2 Å². The highest BCUT2D eigenvalue weighted by molar-refractivity contribution is 7.99. The first-order valence-electron chi connectivity index (χ1n) is 7.99. The Balaban J connectivity index is 1.76. The zero-order valence-electron chi connectivity index (χ0n) is 12.8. The molecule has 3 nitrogen and oxygen atoms in total. The SMILES string of the molecule is CSC1CCC(n2cncc2C2(C)CCNCC2)CC1. The van der Waals surface area contributed by atoms with Crippen LogP contribution in [0.4, 0.5) is 0 Å². The number of piperidine rings is 1. The molecule has 4 heteroatoms. The lowest BCUT2D eigenvalue weighted by atomic mass is 9.78. The lowest BCUT2D eigenvalue weighted by molar-refractivity contribution is 0.287. The number of hydrogen-bond acceptors (Lipinski definition) is 3. The van der Waals surface area contributed by atoms with E-state index in [1.165, 1.54) is 44.2 Å². The minimum atomic E-state index is 0.318. The van der Waals surface area contributed by atoms with Crippen LogP contribution in [0.15, 0.2) is 12.5 Å². The molecule has 1 aliphatic heterocycles. The summed E-state index contributed by atoms with van der Waals surface area (Å²) < 4.78 is 2.52. The van der Waals surface area contributed by atoms with E-state index < -0.39 is 0 Å². The standard InChI is InChI=1S/C16H27N3S/c1-16(7-9-17-10-8-16)15-11-18-12-19(15)13-3-5-14(20-2)6-4-13/h11-14,17H,3-10H2,1-2H3. The molecule has 1 aromatic heterocycles. The number of hydrogen-bond donors (Lipinski definition) is 1. The van der Waals surface area contributed by atoms with Gasteiger partial charge in [-0.3, -0.25) is 0 Å². The van der Waals surface area contributed by atoms with Crippen LogP contribution in [-0.2, 0) is 5.41 Å². The number of nitrogens with one attached hydrogen (secondary N) is 1. The summed E-state index contributed by atoms with van der Waals surface area (Å²) in [4.78, 5) is 4.49. The molecule has 0 amide bonds. The first-order chi connectivity index (χ1) is 9.73. The van der Waals surface area contributed by atoms with Crippen molar-refractivity contribution in [1.29, 1.82) is 0 Å². The maximum Gasteiger partial charge on any atom is 0.0950 e. The highest BCUT2D eigenvalue weighted by Crippen LogP contribution is 2.38. The third-order valence-corrected chi connectivity index (χ3v) is 6.50. The van der Waals surface area contributed by atoms with E-state index in [0.717, 1.165) is 18.3 Å². The van der Waals surface area contributed by atoms with Gasteiger partial charge in [0.25, 0.3) is 0 Å². The molecule has 2 heterocycles. The van der Waals surface area contributed by atoms with E-state index in [4.69, 9.17) is 0 Å².